The number of thioether (sulfide) groups is 1. The smallest absolute Gasteiger partial charge is 0.411 e. The first-order valence-corrected chi connectivity index (χ1v) is 15.0. The second-order valence-corrected chi connectivity index (χ2v) is 12.2. The van der Waals surface area contributed by atoms with Crippen molar-refractivity contribution in [1.29, 1.82) is 0 Å². The van der Waals surface area contributed by atoms with E-state index < -0.39 is 23.9 Å². The van der Waals surface area contributed by atoms with E-state index in [1.807, 2.05) is 112 Å². The number of nitrogens with zero attached hydrogens (tertiary/aromatic N) is 1. The van der Waals surface area contributed by atoms with Gasteiger partial charge in [-0.05, 0) is 43.2 Å². The highest BCUT2D eigenvalue weighted by atomic mass is 32.2. The van der Waals surface area contributed by atoms with E-state index in [2.05, 4.69) is 6.92 Å². The average Bonchev–Trinajstić information content (AvgIpc) is 2.95. The van der Waals surface area contributed by atoms with Gasteiger partial charge in [0.15, 0.2) is 0 Å². The molecule has 7 heteroatoms. The van der Waals surface area contributed by atoms with Crippen LogP contribution in [0, 0.1) is 0 Å². The summed E-state index contributed by atoms with van der Waals surface area (Å²) in [5.41, 5.74) is 2.56. The highest BCUT2D eigenvalue weighted by molar-refractivity contribution is 7.99. The lowest BCUT2D eigenvalue weighted by molar-refractivity contribution is -0.187. The first kappa shape index (κ1) is 30.1. The number of likely N-dealkylation sites (tertiary alicyclic amines) is 1. The summed E-state index contributed by atoms with van der Waals surface area (Å²) in [4.78, 5) is 15.3. The van der Waals surface area contributed by atoms with Crippen LogP contribution in [-0.2, 0) is 38.8 Å². The summed E-state index contributed by atoms with van der Waals surface area (Å²) in [6, 6.07) is 30.2. The summed E-state index contributed by atoms with van der Waals surface area (Å²) >= 11 is 1.66. The predicted molar refractivity (Wildman–Crippen MR) is 160 cm³/mol. The van der Waals surface area contributed by atoms with Crippen molar-refractivity contribution in [2.45, 2.75) is 76.8 Å². The molecule has 40 heavy (non-hydrogen) atoms. The molecule has 0 spiro atoms. The molecule has 0 N–H and O–H groups in total. The average molecular weight is 564 g/mol. The van der Waals surface area contributed by atoms with Gasteiger partial charge in [-0.2, -0.15) is 0 Å². The Morgan fingerprint density at radius 1 is 0.750 bits per heavy atom. The van der Waals surface area contributed by atoms with Crippen LogP contribution in [0.25, 0.3) is 0 Å². The van der Waals surface area contributed by atoms with Crippen molar-refractivity contribution in [3.05, 3.63) is 108 Å². The minimum absolute atomic E-state index is 0.305. The van der Waals surface area contributed by atoms with Crippen LogP contribution in [0.1, 0.15) is 44.4 Å². The summed E-state index contributed by atoms with van der Waals surface area (Å²) in [5, 5.41) is -0.305. The third-order valence-corrected chi connectivity index (χ3v) is 7.70. The fraction of sp³-hybridized carbons (Fsp3) is 0.424. The number of piperidine rings is 1. The van der Waals surface area contributed by atoms with Gasteiger partial charge in [0.05, 0.1) is 26.4 Å². The van der Waals surface area contributed by atoms with E-state index in [4.69, 9.17) is 18.9 Å². The van der Waals surface area contributed by atoms with E-state index in [9.17, 15) is 4.79 Å². The molecule has 0 aliphatic carbocycles. The van der Waals surface area contributed by atoms with Gasteiger partial charge in [0.1, 0.15) is 29.3 Å². The maximum Gasteiger partial charge on any atom is 0.411 e. The van der Waals surface area contributed by atoms with Crippen molar-refractivity contribution < 1.29 is 23.7 Å². The van der Waals surface area contributed by atoms with Crippen molar-refractivity contribution in [1.82, 2.24) is 4.90 Å². The van der Waals surface area contributed by atoms with Gasteiger partial charge in [-0.3, -0.25) is 4.90 Å². The van der Waals surface area contributed by atoms with Gasteiger partial charge in [-0.15, -0.1) is 11.8 Å². The standard InChI is InChI=1S/C33H41NO5S/c1-5-40-31-30(38-24-27-19-13-8-14-20-27)29(37-23-26-17-11-7-12-18-26)28(36-22-25-15-9-6-10-16-25)21-34(31)32(35)39-33(2,3)4/h6-20,28-31H,5,21-24H2,1-4H3/t28-,29-,30+,31-/m1/s1. The monoisotopic (exact) mass is 563 g/mol. The van der Waals surface area contributed by atoms with Gasteiger partial charge < -0.3 is 18.9 Å². The molecule has 0 unspecified atom stereocenters. The fourth-order valence-corrected chi connectivity index (χ4v) is 5.76. The molecular weight excluding hydrogens is 522 g/mol. The molecule has 0 saturated carbocycles. The molecule has 1 fully saturated rings. The van der Waals surface area contributed by atoms with Crippen molar-refractivity contribution >= 4 is 17.9 Å². The highest BCUT2D eigenvalue weighted by Crippen LogP contribution is 2.35. The molecule has 3 aromatic carbocycles. The van der Waals surface area contributed by atoms with Gasteiger partial charge in [0.2, 0.25) is 0 Å². The lowest BCUT2D eigenvalue weighted by atomic mass is 10.0. The topological polar surface area (TPSA) is 57.2 Å². The number of ether oxygens (including phenoxy) is 4. The number of hydrogen-bond acceptors (Lipinski definition) is 6. The van der Waals surface area contributed by atoms with Crippen LogP contribution in [0.2, 0.25) is 0 Å². The normalized spacial score (nSPS) is 21.2. The lowest BCUT2D eigenvalue weighted by Crippen LogP contribution is -2.64. The molecule has 4 rings (SSSR count). The third-order valence-electron chi connectivity index (χ3n) is 6.50. The number of amides is 1. The second-order valence-electron chi connectivity index (χ2n) is 10.8. The van der Waals surface area contributed by atoms with Gasteiger partial charge in [0.25, 0.3) is 0 Å². The molecule has 0 aromatic heterocycles. The van der Waals surface area contributed by atoms with Crippen molar-refractivity contribution in [3.63, 3.8) is 0 Å². The molecule has 6 nitrogen and oxygen atoms in total. The molecule has 4 atom stereocenters. The first-order valence-electron chi connectivity index (χ1n) is 13.9. The summed E-state index contributed by atoms with van der Waals surface area (Å²) < 4.78 is 25.7. The molecule has 1 aliphatic heterocycles. The molecule has 1 heterocycles. The van der Waals surface area contributed by atoms with E-state index in [1.54, 1.807) is 16.7 Å². The lowest BCUT2D eigenvalue weighted by Gasteiger charge is -2.48. The Bertz CT molecular complexity index is 1160. The largest absolute Gasteiger partial charge is 0.444 e. The third kappa shape index (κ3) is 8.83. The van der Waals surface area contributed by atoms with Crippen LogP contribution >= 0.6 is 11.8 Å². The Hall–Kier alpha value is -2.84. The van der Waals surface area contributed by atoms with E-state index in [0.29, 0.717) is 26.4 Å². The summed E-state index contributed by atoms with van der Waals surface area (Å²) in [6.45, 7) is 9.28. The molecule has 0 radical (unpaired) electrons. The SMILES string of the molecule is CCS[C@@H]1[C@@H](OCc2ccccc2)[C@H](OCc2ccccc2)[C@H](OCc2ccccc2)CN1C(=O)OC(C)(C)C. The van der Waals surface area contributed by atoms with E-state index in [0.717, 1.165) is 22.4 Å². The predicted octanol–water partition coefficient (Wildman–Crippen LogP) is 7.07. The minimum Gasteiger partial charge on any atom is -0.444 e. The highest BCUT2D eigenvalue weighted by Gasteiger charge is 2.48. The van der Waals surface area contributed by atoms with Crippen molar-refractivity contribution in [2.75, 3.05) is 12.3 Å². The Labute approximate surface area is 243 Å². The Morgan fingerprint density at radius 3 is 1.65 bits per heavy atom. The summed E-state index contributed by atoms with van der Waals surface area (Å²) in [5.74, 6) is 0.802. The molecular formula is C33H41NO5S. The zero-order chi connectivity index (χ0) is 28.4. The van der Waals surface area contributed by atoms with Crippen molar-refractivity contribution in [2.24, 2.45) is 0 Å². The van der Waals surface area contributed by atoms with Crippen LogP contribution in [-0.4, -0.2) is 52.6 Å². The van der Waals surface area contributed by atoms with E-state index >= 15 is 0 Å². The van der Waals surface area contributed by atoms with Gasteiger partial charge >= 0.3 is 6.09 Å². The molecule has 1 aliphatic rings. The van der Waals surface area contributed by atoms with Crippen molar-refractivity contribution in [3.8, 4) is 0 Å². The number of hydrogen-bond donors (Lipinski definition) is 0. The Kier molecular flexibility index (Phi) is 11.1. The van der Waals surface area contributed by atoms with E-state index in [1.165, 1.54) is 0 Å². The van der Waals surface area contributed by atoms with Crippen LogP contribution in [0.4, 0.5) is 4.79 Å². The van der Waals surface area contributed by atoms with Gasteiger partial charge in [-0.25, -0.2) is 4.79 Å². The first-order chi connectivity index (χ1) is 19.3. The number of carbonyl (C=O) groups excluding carboxylic acids is 1. The number of carbonyl (C=O) groups is 1. The van der Waals surface area contributed by atoms with Crippen LogP contribution in [0.15, 0.2) is 91.0 Å². The summed E-state index contributed by atoms with van der Waals surface area (Å²) in [7, 11) is 0. The maximum absolute atomic E-state index is 13.6. The van der Waals surface area contributed by atoms with Gasteiger partial charge in [-0.1, -0.05) is 97.9 Å². The maximum atomic E-state index is 13.6. The zero-order valence-electron chi connectivity index (χ0n) is 23.9. The molecule has 214 valence electrons. The van der Waals surface area contributed by atoms with Crippen LogP contribution in [0.3, 0.4) is 0 Å². The summed E-state index contributed by atoms with van der Waals surface area (Å²) in [6.07, 6.45) is -1.65. The van der Waals surface area contributed by atoms with Crippen LogP contribution < -0.4 is 0 Å². The Balaban J connectivity index is 1.66. The second kappa shape index (κ2) is 14.7. The minimum atomic E-state index is -0.625. The molecule has 3 aromatic rings. The zero-order valence-corrected chi connectivity index (χ0v) is 24.7. The number of benzene rings is 3. The van der Waals surface area contributed by atoms with E-state index in [-0.39, 0.29) is 11.5 Å². The quantitative estimate of drug-likeness (QED) is 0.249. The molecule has 1 amide bonds. The Morgan fingerprint density at radius 2 is 1.20 bits per heavy atom. The number of rotatable bonds is 11. The van der Waals surface area contributed by atoms with Gasteiger partial charge in [0, 0.05) is 0 Å². The molecule has 1 saturated heterocycles. The fourth-order valence-electron chi connectivity index (χ4n) is 4.65. The van der Waals surface area contributed by atoms with Crippen LogP contribution in [0.5, 0.6) is 0 Å². The molecule has 0 bridgehead atoms.